The van der Waals surface area contributed by atoms with Crippen molar-refractivity contribution in [3.05, 3.63) is 0 Å². The normalized spacial score (nSPS) is 25.4. The summed E-state index contributed by atoms with van der Waals surface area (Å²) in [5, 5.41) is 3.51. The van der Waals surface area contributed by atoms with Crippen LogP contribution in [-0.2, 0) is 0 Å². The van der Waals surface area contributed by atoms with Gasteiger partial charge in [-0.05, 0) is 25.7 Å². The highest BCUT2D eigenvalue weighted by Crippen LogP contribution is 2.29. The molecule has 0 spiro atoms. The molecule has 74 valence electrons. The lowest BCUT2D eigenvalue weighted by atomic mass is 9.80. The molecule has 1 atom stereocenters. The lowest BCUT2D eigenvalue weighted by molar-refractivity contribution is 0.255. The first-order valence-electron chi connectivity index (χ1n) is 5.29. The highest BCUT2D eigenvalue weighted by atomic mass is 15.3. The summed E-state index contributed by atoms with van der Waals surface area (Å²) in [7, 11) is 2.10. The summed E-state index contributed by atoms with van der Waals surface area (Å²) in [6.07, 6.45) is 4.20. The van der Waals surface area contributed by atoms with Crippen molar-refractivity contribution in [1.29, 1.82) is 0 Å². The highest BCUT2D eigenvalue weighted by Gasteiger charge is 2.25. The smallest absolute Gasteiger partial charge is 0.194 e. The van der Waals surface area contributed by atoms with Gasteiger partial charge in [-0.15, -0.1) is 0 Å². The summed E-state index contributed by atoms with van der Waals surface area (Å²) in [5.41, 5.74) is 0. The maximum absolute atomic E-state index is 4.43. The van der Waals surface area contributed by atoms with Crippen LogP contribution in [0, 0.1) is 5.92 Å². The number of rotatable bonds is 2. The second kappa shape index (κ2) is 3.56. The molecule has 1 N–H and O–H groups in total. The van der Waals surface area contributed by atoms with Crippen LogP contribution in [0.15, 0.2) is 4.99 Å². The molecule has 1 unspecified atom stereocenters. The van der Waals surface area contributed by atoms with Gasteiger partial charge in [0.25, 0.3) is 0 Å². The van der Waals surface area contributed by atoms with Crippen molar-refractivity contribution >= 4 is 5.96 Å². The number of nitrogens with zero attached hydrogens (tertiary/aromatic N) is 2. The van der Waals surface area contributed by atoms with Crippen LogP contribution in [0.2, 0.25) is 0 Å². The first-order valence-corrected chi connectivity index (χ1v) is 5.29. The minimum absolute atomic E-state index is 0.605. The van der Waals surface area contributed by atoms with Gasteiger partial charge < -0.3 is 10.2 Å². The average molecular weight is 181 g/mol. The summed E-state index contributed by atoms with van der Waals surface area (Å²) in [6, 6.07) is 0.605. The molecular formula is C10H19N3. The van der Waals surface area contributed by atoms with Gasteiger partial charge in [-0.1, -0.05) is 6.42 Å². The predicted molar refractivity (Wildman–Crippen MR) is 54.9 cm³/mol. The lowest BCUT2D eigenvalue weighted by Crippen LogP contribution is -2.45. The molecule has 2 rings (SSSR count). The van der Waals surface area contributed by atoms with Crippen LogP contribution in [0.3, 0.4) is 0 Å². The molecule has 1 fully saturated rings. The number of nitrogens with one attached hydrogen (secondary N) is 1. The topological polar surface area (TPSA) is 27.6 Å². The van der Waals surface area contributed by atoms with Crippen LogP contribution in [0.25, 0.3) is 0 Å². The van der Waals surface area contributed by atoms with E-state index in [9.17, 15) is 0 Å². The van der Waals surface area contributed by atoms with Crippen LogP contribution in [0.1, 0.15) is 26.2 Å². The molecule has 0 aromatic heterocycles. The Balaban J connectivity index is 1.82. The van der Waals surface area contributed by atoms with Gasteiger partial charge in [0.15, 0.2) is 5.96 Å². The third-order valence-corrected chi connectivity index (χ3v) is 3.27. The van der Waals surface area contributed by atoms with Crippen molar-refractivity contribution in [1.82, 2.24) is 10.2 Å². The number of hydrogen-bond donors (Lipinski definition) is 1. The predicted octanol–water partition coefficient (Wildman–Crippen LogP) is 1.07. The fourth-order valence-electron chi connectivity index (χ4n) is 1.95. The Morgan fingerprint density at radius 3 is 2.77 bits per heavy atom. The number of aliphatic imine (C=N–C) groups is 1. The van der Waals surface area contributed by atoms with E-state index in [2.05, 4.69) is 29.2 Å². The molecule has 1 aliphatic carbocycles. The van der Waals surface area contributed by atoms with Crippen LogP contribution in [0.5, 0.6) is 0 Å². The van der Waals surface area contributed by atoms with Gasteiger partial charge in [0, 0.05) is 19.6 Å². The largest absolute Gasteiger partial charge is 0.354 e. The molecule has 1 heterocycles. The van der Waals surface area contributed by atoms with E-state index in [-0.39, 0.29) is 0 Å². The van der Waals surface area contributed by atoms with Gasteiger partial charge in [-0.2, -0.15) is 0 Å². The van der Waals surface area contributed by atoms with Gasteiger partial charge >= 0.3 is 0 Å². The first-order chi connectivity index (χ1) is 6.27. The van der Waals surface area contributed by atoms with Gasteiger partial charge in [0.05, 0.1) is 6.54 Å². The molecule has 2 aliphatic rings. The average Bonchev–Trinajstić information content (AvgIpc) is 2.32. The van der Waals surface area contributed by atoms with E-state index < -0.39 is 0 Å². The van der Waals surface area contributed by atoms with E-state index in [1.54, 1.807) is 0 Å². The van der Waals surface area contributed by atoms with Crippen molar-refractivity contribution < 1.29 is 0 Å². The standard InChI is InChI=1S/C10H19N3/c1-8(9-4-3-5-9)12-10-11-6-7-13(10)2/h8-9H,3-7H2,1-2H3,(H,11,12). The second-order valence-corrected chi connectivity index (χ2v) is 4.25. The summed E-state index contributed by atoms with van der Waals surface area (Å²) in [4.78, 5) is 6.63. The molecule has 3 heteroatoms. The molecule has 0 aromatic rings. The van der Waals surface area contributed by atoms with Crippen LogP contribution in [0.4, 0.5) is 0 Å². The minimum Gasteiger partial charge on any atom is -0.354 e. The molecule has 0 radical (unpaired) electrons. The van der Waals surface area contributed by atoms with Gasteiger partial charge in [-0.25, -0.2) is 0 Å². The Kier molecular flexibility index (Phi) is 2.42. The monoisotopic (exact) mass is 181 g/mol. The van der Waals surface area contributed by atoms with E-state index in [1.807, 2.05) is 0 Å². The van der Waals surface area contributed by atoms with Crippen molar-refractivity contribution in [2.45, 2.75) is 32.2 Å². The van der Waals surface area contributed by atoms with Gasteiger partial charge in [-0.3, -0.25) is 4.99 Å². The van der Waals surface area contributed by atoms with E-state index in [0.717, 1.165) is 25.0 Å². The summed E-state index contributed by atoms with van der Waals surface area (Å²) in [5.74, 6) is 1.98. The summed E-state index contributed by atoms with van der Waals surface area (Å²) >= 11 is 0. The minimum atomic E-state index is 0.605. The maximum atomic E-state index is 4.43. The molecule has 1 saturated carbocycles. The van der Waals surface area contributed by atoms with Crippen LogP contribution in [-0.4, -0.2) is 37.0 Å². The van der Waals surface area contributed by atoms with E-state index in [1.165, 1.54) is 19.3 Å². The molecule has 0 amide bonds. The fraction of sp³-hybridized carbons (Fsp3) is 0.900. The summed E-state index contributed by atoms with van der Waals surface area (Å²) < 4.78 is 0. The second-order valence-electron chi connectivity index (χ2n) is 4.25. The fourth-order valence-corrected chi connectivity index (χ4v) is 1.95. The maximum Gasteiger partial charge on any atom is 0.194 e. The Labute approximate surface area is 80.2 Å². The van der Waals surface area contributed by atoms with Crippen LogP contribution < -0.4 is 5.32 Å². The zero-order chi connectivity index (χ0) is 9.26. The first kappa shape index (κ1) is 8.85. The Morgan fingerprint density at radius 2 is 2.31 bits per heavy atom. The lowest BCUT2D eigenvalue weighted by Gasteiger charge is -2.33. The quantitative estimate of drug-likeness (QED) is 0.690. The number of hydrogen-bond acceptors (Lipinski definition) is 3. The third kappa shape index (κ3) is 1.79. The van der Waals surface area contributed by atoms with Crippen molar-refractivity contribution in [2.75, 3.05) is 20.1 Å². The number of guanidine groups is 1. The van der Waals surface area contributed by atoms with E-state index in [4.69, 9.17) is 0 Å². The van der Waals surface area contributed by atoms with Crippen molar-refractivity contribution in [3.8, 4) is 0 Å². The van der Waals surface area contributed by atoms with Gasteiger partial charge in [0.2, 0.25) is 0 Å². The highest BCUT2D eigenvalue weighted by molar-refractivity contribution is 5.81. The third-order valence-electron chi connectivity index (χ3n) is 3.27. The molecule has 0 saturated heterocycles. The Hall–Kier alpha value is -0.730. The SMILES string of the molecule is CC(NC1=NCCN1C)C1CCC1. The molecule has 13 heavy (non-hydrogen) atoms. The molecule has 0 aromatic carbocycles. The zero-order valence-electron chi connectivity index (χ0n) is 8.58. The van der Waals surface area contributed by atoms with E-state index in [0.29, 0.717) is 6.04 Å². The molecule has 3 nitrogen and oxygen atoms in total. The van der Waals surface area contributed by atoms with Crippen molar-refractivity contribution in [2.24, 2.45) is 10.9 Å². The molecular weight excluding hydrogens is 162 g/mol. The zero-order valence-corrected chi connectivity index (χ0v) is 8.58. The van der Waals surface area contributed by atoms with Crippen molar-refractivity contribution in [3.63, 3.8) is 0 Å². The number of likely N-dealkylation sites (N-methyl/N-ethyl adjacent to an activating group) is 1. The van der Waals surface area contributed by atoms with Crippen LogP contribution >= 0.6 is 0 Å². The van der Waals surface area contributed by atoms with E-state index >= 15 is 0 Å². The Bertz CT molecular complexity index is 208. The molecule has 0 bridgehead atoms. The Morgan fingerprint density at radius 1 is 1.54 bits per heavy atom. The molecule has 1 aliphatic heterocycles. The summed E-state index contributed by atoms with van der Waals surface area (Å²) in [6.45, 7) is 4.30. The van der Waals surface area contributed by atoms with Gasteiger partial charge in [0.1, 0.15) is 0 Å².